The van der Waals surface area contributed by atoms with Crippen LogP contribution in [-0.4, -0.2) is 11.2 Å². The molecule has 0 bridgehead atoms. The molecule has 0 spiro atoms. The second-order valence-corrected chi connectivity index (χ2v) is 3.40. The van der Waals surface area contributed by atoms with E-state index in [9.17, 15) is 13.2 Å². The van der Waals surface area contributed by atoms with E-state index < -0.39 is 12.6 Å². The van der Waals surface area contributed by atoms with Gasteiger partial charge in [0.1, 0.15) is 0 Å². The zero-order chi connectivity index (χ0) is 11.3. The van der Waals surface area contributed by atoms with Gasteiger partial charge in [-0.15, -0.1) is 0 Å². The first kappa shape index (κ1) is 12.0. The number of hydrogen-bond donors (Lipinski definition) is 1. The van der Waals surface area contributed by atoms with Crippen molar-refractivity contribution in [3.05, 3.63) is 30.1 Å². The van der Waals surface area contributed by atoms with Gasteiger partial charge in [0, 0.05) is 24.9 Å². The average molecular weight is 218 g/mol. The molecule has 5 heteroatoms. The molecule has 0 aliphatic heterocycles. The Morgan fingerprint density at radius 2 is 2.13 bits per heavy atom. The molecule has 0 aliphatic rings. The Balaban J connectivity index is 2.34. The van der Waals surface area contributed by atoms with Crippen molar-refractivity contribution in [2.75, 3.05) is 0 Å². The molecule has 0 radical (unpaired) electrons. The molecular formula is C10H13F3N2. The van der Waals surface area contributed by atoms with Gasteiger partial charge in [-0.2, -0.15) is 13.2 Å². The van der Waals surface area contributed by atoms with E-state index in [1.807, 2.05) is 0 Å². The molecule has 0 saturated carbocycles. The number of nitrogens with two attached hydrogens (primary N) is 1. The molecule has 1 aromatic heterocycles. The summed E-state index contributed by atoms with van der Waals surface area (Å²) in [6.45, 7) is 0. The summed E-state index contributed by atoms with van der Waals surface area (Å²) >= 11 is 0. The minimum absolute atomic E-state index is 0.0551. The lowest BCUT2D eigenvalue weighted by molar-refractivity contribution is -0.135. The van der Waals surface area contributed by atoms with Gasteiger partial charge < -0.3 is 5.73 Å². The van der Waals surface area contributed by atoms with Crippen LogP contribution in [0.5, 0.6) is 0 Å². The number of rotatable bonds is 4. The lowest BCUT2D eigenvalue weighted by Crippen LogP contribution is -2.13. The van der Waals surface area contributed by atoms with Crippen LogP contribution in [0.25, 0.3) is 0 Å². The molecule has 0 fully saturated rings. The summed E-state index contributed by atoms with van der Waals surface area (Å²) in [5.41, 5.74) is 6.49. The highest BCUT2D eigenvalue weighted by atomic mass is 19.4. The van der Waals surface area contributed by atoms with Crippen molar-refractivity contribution in [1.82, 2.24) is 4.98 Å². The molecule has 1 aromatic rings. The summed E-state index contributed by atoms with van der Waals surface area (Å²) in [5, 5.41) is 0. The monoisotopic (exact) mass is 218 g/mol. The number of nitrogens with zero attached hydrogens (tertiary/aromatic N) is 1. The molecule has 1 heterocycles. The van der Waals surface area contributed by atoms with E-state index in [2.05, 4.69) is 4.98 Å². The number of aromatic nitrogens is 1. The highest BCUT2D eigenvalue weighted by Gasteiger charge is 2.26. The first-order valence-corrected chi connectivity index (χ1v) is 4.71. The molecule has 15 heavy (non-hydrogen) atoms. The summed E-state index contributed by atoms with van der Waals surface area (Å²) in [6.07, 6.45) is -1.30. The smallest absolute Gasteiger partial charge is 0.324 e. The van der Waals surface area contributed by atoms with E-state index in [-0.39, 0.29) is 12.5 Å². The lowest BCUT2D eigenvalue weighted by Gasteiger charge is -2.12. The fraction of sp³-hybridized carbons (Fsp3) is 0.500. The third-order valence-corrected chi connectivity index (χ3v) is 2.09. The fourth-order valence-electron chi connectivity index (χ4n) is 1.28. The third-order valence-electron chi connectivity index (χ3n) is 2.09. The molecule has 84 valence electrons. The summed E-state index contributed by atoms with van der Waals surface area (Å²) < 4.78 is 35.6. The van der Waals surface area contributed by atoms with Crippen molar-refractivity contribution in [3.8, 4) is 0 Å². The molecule has 1 atom stereocenters. The molecular weight excluding hydrogens is 205 g/mol. The van der Waals surface area contributed by atoms with E-state index in [0.717, 1.165) is 5.56 Å². The largest absolute Gasteiger partial charge is 0.389 e. The van der Waals surface area contributed by atoms with Gasteiger partial charge in [0.05, 0.1) is 0 Å². The molecule has 2 N–H and O–H groups in total. The highest BCUT2D eigenvalue weighted by molar-refractivity contribution is 5.12. The lowest BCUT2D eigenvalue weighted by atomic mass is 10.0. The van der Waals surface area contributed by atoms with E-state index in [4.69, 9.17) is 5.73 Å². The quantitative estimate of drug-likeness (QED) is 0.843. The van der Waals surface area contributed by atoms with Crippen LogP contribution in [-0.2, 0) is 0 Å². The van der Waals surface area contributed by atoms with Crippen LogP contribution in [0.2, 0.25) is 0 Å². The zero-order valence-electron chi connectivity index (χ0n) is 8.17. The Morgan fingerprint density at radius 3 is 2.67 bits per heavy atom. The Kier molecular flexibility index (Phi) is 4.08. The molecule has 1 rings (SSSR count). The van der Waals surface area contributed by atoms with Crippen LogP contribution in [0.1, 0.15) is 30.9 Å². The molecule has 2 nitrogen and oxygen atoms in total. The first-order valence-electron chi connectivity index (χ1n) is 4.71. The maximum absolute atomic E-state index is 11.9. The maximum Gasteiger partial charge on any atom is 0.389 e. The second-order valence-electron chi connectivity index (χ2n) is 3.40. The normalized spacial score (nSPS) is 13.9. The van der Waals surface area contributed by atoms with Crippen molar-refractivity contribution in [2.45, 2.75) is 31.5 Å². The molecule has 0 aromatic carbocycles. The Labute approximate surface area is 86.3 Å². The zero-order valence-corrected chi connectivity index (χ0v) is 8.17. The molecule has 0 amide bonds. The van der Waals surface area contributed by atoms with Gasteiger partial charge in [-0.1, -0.05) is 6.07 Å². The molecule has 1 unspecified atom stereocenters. The van der Waals surface area contributed by atoms with Crippen molar-refractivity contribution in [2.24, 2.45) is 5.73 Å². The minimum Gasteiger partial charge on any atom is -0.324 e. The van der Waals surface area contributed by atoms with Gasteiger partial charge in [0.25, 0.3) is 0 Å². The number of halogens is 3. The third kappa shape index (κ3) is 4.78. The Bertz CT molecular complexity index is 284. The van der Waals surface area contributed by atoms with Crippen molar-refractivity contribution in [3.63, 3.8) is 0 Å². The van der Waals surface area contributed by atoms with E-state index in [1.54, 1.807) is 24.5 Å². The number of hydrogen-bond acceptors (Lipinski definition) is 2. The number of pyridine rings is 1. The van der Waals surface area contributed by atoms with E-state index >= 15 is 0 Å². The fourth-order valence-corrected chi connectivity index (χ4v) is 1.28. The maximum atomic E-state index is 11.9. The topological polar surface area (TPSA) is 38.9 Å². The Morgan fingerprint density at radius 1 is 1.40 bits per heavy atom. The van der Waals surface area contributed by atoms with Crippen LogP contribution in [0.4, 0.5) is 13.2 Å². The van der Waals surface area contributed by atoms with E-state index in [0.29, 0.717) is 6.42 Å². The summed E-state index contributed by atoms with van der Waals surface area (Å²) in [7, 11) is 0. The van der Waals surface area contributed by atoms with Crippen molar-refractivity contribution in [1.29, 1.82) is 0 Å². The van der Waals surface area contributed by atoms with Crippen LogP contribution >= 0.6 is 0 Å². The summed E-state index contributed by atoms with van der Waals surface area (Å²) in [4.78, 5) is 3.86. The first-order chi connectivity index (χ1) is 6.99. The SMILES string of the molecule is NC(CCCC(F)(F)F)c1cccnc1. The van der Waals surface area contributed by atoms with Gasteiger partial charge >= 0.3 is 6.18 Å². The molecule has 0 aliphatic carbocycles. The van der Waals surface area contributed by atoms with Crippen LogP contribution < -0.4 is 5.73 Å². The summed E-state index contributed by atoms with van der Waals surface area (Å²) in [5.74, 6) is 0. The van der Waals surface area contributed by atoms with Crippen LogP contribution in [0.15, 0.2) is 24.5 Å². The van der Waals surface area contributed by atoms with Gasteiger partial charge in [0.15, 0.2) is 0 Å². The molecule has 0 saturated heterocycles. The van der Waals surface area contributed by atoms with Crippen LogP contribution in [0.3, 0.4) is 0 Å². The highest BCUT2D eigenvalue weighted by Crippen LogP contribution is 2.24. The van der Waals surface area contributed by atoms with E-state index in [1.165, 1.54) is 0 Å². The van der Waals surface area contributed by atoms with Crippen molar-refractivity contribution >= 4 is 0 Å². The van der Waals surface area contributed by atoms with Gasteiger partial charge in [-0.05, 0) is 24.5 Å². The number of alkyl halides is 3. The Hall–Kier alpha value is -1.10. The standard InChI is InChI=1S/C10H13F3N2/c11-10(12,13)5-1-4-9(14)8-3-2-6-15-7-8/h2-3,6-7,9H,1,4-5,14H2. The van der Waals surface area contributed by atoms with Gasteiger partial charge in [-0.25, -0.2) is 0 Å². The second kappa shape index (κ2) is 5.11. The minimum atomic E-state index is -4.09. The van der Waals surface area contributed by atoms with Crippen molar-refractivity contribution < 1.29 is 13.2 Å². The predicted octanol–water partition coefficient (Wildman–Crippen LogP) is 2.81. The van der Waals surface area contributed by atoms with Gasteiger partial charge in [-0.3, -0.25) is 4.98 Å². The predicted molar refractivity (Wildman–Crippen MR) is 51.1 cm³/mol. The van der Waals surface area contributed by atoms with Crippen LogP contribution in [0, 0.1) is 0 Å². The summed E-state index contributed by atoms with van der Waals surface area (Å²) in [6, 6.07) is 3.13. The average Bonchev–Trinajstić information content (AvgIpc) is 2.17. The van der Waals surface area contributed by atoms with Gasteiger partial charge in [0.2, 0.25) is 0 Å².